The molecule has 1 aromatic carbocycles. The molecule has 0 radical (unpaired) electrons. The Hall–Kier alpha value is -1.55. The maximum atomic E-state index is 9.18. The molecular weight excluding hydrogens is 184 g/mol. The van der Waals surface area contributed by atoms with E-state index in [0.29, 0.717) is 4.77 Å². The number of benzene rings is 1. The molecule has 1 aromatic heterocycles. The molecule has 0 bridgehead atoms. The molecule has 3 nitrogen and oxygen atoms in total. The van der Waals surface area contributed by atoms with Crippen LogP contribution in [0.4, 0.5) is 0 Å². The number of imidazole rings is 1. The Bertz CT molecular complexity index is 458. The second kappa shape index (κ2) is 3.06. The second-order valence-electron chi connectivity index (χ2n) is 2.68. The fraction of sp³-hybridized carbons (Fsp3) is 0. The zero-order valence-corrected chi connectivity index (χ0v) is 7.58. The SMILES string of the molecule is On1cc(-c2ccccc2)[nH]c1=S. The summed E-state index contributed by atoms with van der Waals surface area (Å²) in [7, 11) is 0. The lowest BCUT2D eigenvalue weighted by Crippen LogP contribution is -1.83. The van der Waals surface area contributed by atoms with Crippen LogP contribution in [0.1, 0.15) is 0 Å². The molecule has 2 N–H and O–H groups in total. The van der Waals surface area contributed by atoms with Gasteiger partial charge in [0.05, 0.1) is 11.9 Å². The minimum atomic E-state index is 0.304. The quantitative estimate of drug-likeness (QED) is 0.538. The number of hydrogen-bond acceptors (Lipinski definition) is 2. The lowest BCUT2D eigenvalue weighted by Gasteiger charge is -1.93. The molecule has 0 fully saturated rings. The molecule has 4 heteroatoms. The first-order valence-corrected chi connectivity index (χ1v) is 4.24. The van der Waals surface area contributed by atoms with Gasteiger partial charge in [0.15, 0.2) is 0 Å². The summed E-state index contributed by atoms with van der Waals surface area (Å²) in [4.78, 5) is 2.89. The zero-order valence-electron chi connectivity index (χ0n) is 6.77. The van der Waals surface area contributed by atoms with Gasteiger partial charge in [-0.3, -0.25) is 0 Å². The molecule has 2 aromatic rings. The second-order valence-corrected chi connectivity index (χ2v) is 3.07. The first-order valence-electron chi connectivity index (χ1n) is 3.84. The van der Waals surface area contributed by atoms with Crippen molar-refractivity contribution in [3.63, 3.8) is 0 Å². The zero-order chi connectivity index (χ0) is 9.26. The molecule has 0 aliphatic carbocycles. The van der Waals surface area contributed by atoms with Gasteiger partial charge in [-0.25, -0.2) is 0 Å². The van der Waals surface area contributed by atoms with Crippen LogP contribution in [-0.2, 0) is 0 Å². The van der Waals surface area contributed by atoms with E-state index >= 15 is 0 Å². The van der Waals surface area contributed by atoms with Crippen molar-refractivity contribution >= 4 is 12.2 Å². The van der Waals surface area contributed by atoms with Crippen molar-refractivity contribution < 1.29 is 5.21 Å². The van der Waals surface area contributed by atoms with Crippen LogP contribution in [-0.4, -0.2) is 14.9 Å². The Morgan fingerprint density at radius 3 is 2.46 bits per heavy atom. The fourth-order valence-electron chi connectivity index (χ4n) is 1.15. The Balaban J connectivity index is 2.54. The van der Waals surface area contributed by atoms with Crippen molar-refractivity contribution in [3.05, 3.63) is 41.3 Å². The number of nitrogens with zero attached hydrogens (tertiary/aromatic N) is 1. The van der Waals surface area contributed by atoms with E-state index in [0.717, 1.165) is 16.0 Å². The predicted octanol–water partition coefficient (Wildman–Crippen LogP) is 2.45. The van der Waals surface area contributed by atoms with Crippen LogP contribution in [0, 0.1) is 4.77 Å². The van der Waals surface area contributed by atoms with Crippen molar-refractivity contribution in [2.45, 2.75) is 0 Å². The average molecular weight is 192 g/mol. The standard InChI is InChI=1S/C9H8N2OS/c12-11-6-8(10-9(11)13)7-4-2-1-3-5-7/h1-6,12H,(H,10,13). The molecule has 66 valence electrons. The van der Waals surface area contributed by atoms with Crippen molar-refractivity contribution in [2.75, 3.05) is 0 Å². The third-order valence-electron chi connectivity index (χ3n) is 1.79. The van der Waals surface area contributed by atoms with Crippen molar-refractivity contribution in [2.24, 2.45) is 0 Å². The molecule has 0 unspecified atom stereocenters. The Morgan fingerprint density at radius 1 is 1.23 bits per heavy atom. The minimum Gasteiger partial charge on any atom is -0.426 e. The van der Waals surface area contributed by atoms with Gasteiger partial charge in [0, 0.05) is 0 Å². The molecule has 0 aliphatic heterocycles. The molecule has 0 saturated carbocycles. The largest absolute Gasteiger partial charge is 0.426 e. The summed E-state index contributed by atoms with van der Waals surface area (Å²) in [6, 6.07) is 9.69. The van der Waals surface area contributed by atoms with E-state index in [9.17, 15) is 5.21 Å². The van der Waals surface area contributed by atoms with Crippen LogP contribution >= 0.6 is 12.2 Å². The highest BCUT2D eigenvalue weighted by Gasteiger charge is 2.00. The van der Waals surface area contributed by atoms with Gasteiger partial charge >= 0.3 is 0 Å². The van der Waals surface area contributed by atoms with Gasteiger partial charge in [-0.2, -0.15) is 4.73 Å². The van der Waals surface area contributed by atoms with Crippen molar-refractivity contribution in [1.82, 2.24) is 9.71 Å². The Labute approximate surface area is 80.2 Å². The van der Waals surface area contributed by atoms with Crippen LogP contribution in [0.25, 0.3) is 11.3 Å². The Morgan fingerprint density at radius 2 is 1.92 bits per heavy atom. The molecule has 2 rings (SSSR count). The lowest BCUT2D eigenvalue weighted by molar-refractivity contribution is 0.182. The van der Waals surface area contributed by atoms with E-state index in [-0.39, 0.29) is 0 Å². The van der Waals surface area contributed by atoms with Gasteiger partial charge in [0.25, 0.3) is 0 Å². The number of nitrogens with one attached hydrogen (secondary N) is 1. The van der Waals surface area contributed by atoms with E-state index in [1.807, 2.05) is 30.3 Å². The van der Waals surface area contributed by atoms with Gasteiger partial charge < -0.3 is 10.2 Å². The van der Waals surface area contributed by atoms with Crippen LogP contribution in [0.15, 0.2) is 36.5 Å². The predicted molar refractivity (Wildman–Crippen MR) is 52.2 cm³/mol. The Kier molecular flexibility index (Phi) is 1.90. The molecule has 0 saturated heterocycles. The first kappa shape index (κ1) is 8.07. The summed E-state index contributed by atoms with van der Waals surface area (Å²) in [5.74, 6) is 0. The maximum absolute atomic E-state index is 9.18. The van der Waals surface area contributed by atoms with Crippen molar-refractivity contribution in [3.8, 4) is 11.3 Å². The van der Waals surface area contributed by atoms with Gasteiger partial charge in [0.2, 0.25) is 4.77 Å². The average Bonchev–Trinajstić information content (AvgIpc) is 2.49. The summed E-state index contributed by atoms with van der Waals surface area (Å²) < 4.78 is 1.20. The highest BCUT2D eigenvalue weighted by atomic mass is 32.1. The maximum Gasteiger partial charge on any atom is 0.211 e. The highest BCUT2D eigenvalue weighted by molar-refractivity contribution is 7.71. The monoisotopic (exact) mass is 192 g/mol. The van der Waals surface area contributed by atoms with E-state index in [2.05, 4.69) is 4.98 Å². The van der Waals surface area contributed by atoms with Gasteiger partial charge in [0.1, 0.15) is 0 Å². The van der Waals surface area contributed by atoms with E-state index in [1.165, 1.54) is 0 Å². The molecule has 0 aliphatic rings. The number of aromatic amines is 1. The number of hydrogen-bond donors (Lipinski definition) is 2. The number of aromatic nitrogens is 2. The van der Waals surface area contributed by atoms with Crippen LogP contribution in [0.5, 0.6) is 0 Å². The smallest absolute Gasteiger partial charge is 0.211 e. The van der Waals surface area contributed by atoms with Gasteiger partial charge in [-0.15, -0.1) is 0 Å². The molecule has 1 heterocycles. The van der Waals surface area contributed by atoms with E-state index in [1.54, 1.807) is 6.20 Å². The lowest BCUT2D eigenvalue weighted by atomic mass is 10.2. The fourth-order valence-corrected chi connectivity index (χ4v) is 1.31. The van der Waals surface area contributed by atoms with E-state index in [4.69, 9.17) is 12.2 Å². The minimum absolute atomic E-state index is 0.304. The molecule has 0 atom stereocenters. The first-order chi connectivity index (χ1) is 6.27. The summed E-state index contributed by atoms with van der Waals surface area (Å²) in [6.45, 7) is 0. The molecule has 0 amide bonds. The molecule has 13 heavy (non-hydrogen) atoms. The topological polar surface area (TPSA) is 41.0 Å². The summed E-state index contributed by atoms with van der Waals surface area (Å²) >= 11 is 4.83. The van der Waals surface area contributed by atoms with Crippen LogP contribution < -0.4 is 0 Å². The van der Waals surface area contributed by atoms with Crippen LogP contribution in [0.2, 0.25) is 0 Å². The number of H-pyrrole nitrogens is 1. The molecule has 0 spiro atoms. The summed E-state index contributed by atoms with van der Waals surface area (Å²) in [6.07, 6.45) is 1.55. The third kappa shape index (κ3) is 1.48. The van der Waals surface area contributed by atoms with Crippen LogP contribution in [0.3, 0.4) is 0 Å². The van der Waals surface area contributed by atoms with Crippen molar-refractivity contribution in [1.29, 1.82) is 0 Å². The summed E-state index contributed by atoms with van der Waals surface area (Å²) in [5, 5.41) is 9.18. The van der Waals surface area contributed by atoms with E-state index < -0.39 is 0 Å². The van der Waals surface area contributed by atoms with Gasteiger partial charge in [-0.1, -0.05) is 30.3 Å². The summed E-state index contributed by atoms with van der Waals surface area (Å²) in [5.41, 5.74) is 1.81. The number of rotatable bonds is 1. The normalized spacial score (nSPS) is 10.2. The third-order valence-corrected chi connectivity index (χ3v) is 2.07. The highest BCUT2D eigenvalue weighted by Crippen LogP contribution is 2.15. The molecular formula is C9H8N2OS. The van der Waals surface area contributed by atoms with Gasteiger partial charge in [-0.05, 0) is 17.8 Å².